The number of hydrogen-bond acceptors (Lipinski definition) is 4. The first kappa shape index (κ1) is 12.1. The van der Waals surface area contributed by atoms with Crippen LogP contribution in [0.25, 0.3) is 11.0 Å². The van der Waals surface area contributed by atoms with Crippen molar-refractivity contribution < 1.29 is 0 Å². The first-order valence-corrected chi connectivity index (χ1v) is 6.61. The molecule has 2 heterocycles. The Morgan fingerprint density at radius 3 is 2.84 bits per heavy atom. The zero-order chi connectivity index (χ0) is 13.4. The summed E-state index contributed by atoms with van der Waals surface area (Å²) < 4.78 is 2.93. The van der Waals surface area contributed by atoms with Crippen LogP contribution in [0.3, 0.4) is 0 Å². The van der Waals surface area contributed by atoms with Crippen LogP contribution in [0, 0.1) is 6.92 Å². The van der Waals surface area contributed by atoms with E-state index in [4.69, 9.17) is 5.73 Å². The van der Waals surface area contributed by atoms with Crippen LogP contribution in [0.5, 0.6) is 0 Å². The first-order valence-electron chi connectivity index (χ1n) is 5.82. The van der Waals surface area contributed by atoms with Gasteiger partial charge in [-0.25, -0.2) is 4.98 Å². The van der Waals surface area contributed by atoms with Crippen LogP contribution in [-0.2, 0) is 6.54 Å². The van der Waals surface area contributed by atoms with E-state index in [0.717, 1.165) is 26.9 Å². The number of nitrogens with zero attached hydrogens (tertiary/aromatic N) is 4. The summed E-state index contributed by atoms with van der Waals surface area (Å²) in [6, 6.07) is 5.89. The minimum Gasteiger partial charge on any atom is -0.369 e. The molecule has 0 atom stereocenters. The van der Waals surface area contributed by atoms with E-state index in [0.29, 0.717) is 12.5 Å². The lowest BCUT2D eigenvalue weighted by Gasteiger charge is -2.06. The topological polar surface area (TPSA) is 69.6 Å². The average Bonchev–Trinajstić information content (AvgIpc) is 2.69. The zero-order valence-electron chi connectivity index (χ0n) is 10.3. The van der Waals surface area contributed by atoms with Crippen LogP contribution in [0.15, 0.2) is 35.1 Å². The summed E-state index contributed by atoms with van der Waals surface area (Å²) in [4.78, 5) is 12.9. The number of nitrogens with two attached hydrogens (primary N) is 1. The largest absolute Gasteiger partial charge is 0.369 e. The van der Waals surface area contributed by atoms with E-state index in [1.165, 1.54) is 0 Å². The molecule has 0 amide bonds. The maximum Gasteiger partial charge on any atom is 0.201 e. The fraction of sp³-hybridized carbons (Fsp3) is 0.154. The van der Waals surface area contributed by atoms with Crippen molar-refractivity contribution in [2.45, 2.75) is 13.5 Å². The highest BCUT2D eigenvalue weighted by molar-refractivity contribution is 9.10. The van der Waals surface area contributed by atoms with Crippen LogP contribution in [0.1, 0.15) is 11.4 Å². The highest BCUT2D eigenvalue weighted by Gasteiger charge is 2.09. The van der Waals surface area contributed by atoms with Crippen LogP contribution >= 0.6 is 15.9 Å². The molecule has 5 nitrogen and oxygen atoms in total. The van der Waals surface area contributed by atoms with Gasteiger partial charge in [0.15, 0.2) is 0 Å². The predicted molar refractivity (Wildman–Crippen MR) is 77.7 cm³/mol. The number of aryl methyl sites for hydroxylation is 1. The fourth-order valence-corrected chi connectivity index (χ4v) is 2.29. The van der Waals surface area contributed by atoms with Gasteiger partial charge in [-0.15, -0.1) is 0 Å². The summed E-state index contributed by atoms with van der Waals surface area (Å²) in [5, 5.41) is 0. The number of fused-ring (bicyclic) bond motifs is 1. The number of hydrogen-bond donors (Lipinski definition) is 1. The Balaban J connectivity index is 2.06. The maximum atomic E-state index is 5.97. The molecule has 0 fully saturated rings. The van der Waals surface area contributed by atoms with Gasteiger partial charge in [-0.3, -0.25) is 9.97 Å². The molecule has 3 aromatic rings. The number of halogens is 1. The van der Waals surface area contributed by atoms with E-state index >= 15 is 0 Å². The molecule has 2 N–H and O–H groups in total. The third kappa shape index (κ3) is 2.31. The lowest BCUT2D eigenvalue weighted by atomic mass is 10.3. The second-order valence-electron chi connectivity index (χ2n) is 4.34. The number of benzene rings is 1. The molecule has 0 saturated carbocycles. The Morgan fingerprint density at radius 2 is 2.11 bits per heavy atom. The van der Waals surface area contributed by atoms with Crippen molar-refractivity contribution in [1.29, 1.82) is 0 Å². The fourth-order valence-electron chi connectivity index (χ4n) is 1.94. The van der Waals surface area contributed by atoms with Crippen LogP contribution in [0.2, 0.25) is 0 Å². The number of aromatic nitrogens is 4. The van der Waals surface area contributed by atoms with Crippen molar-refractivity contribution in [3.05, 3.63) is 46.5 Å². The Kier molecular flexibility index (Phi) is 2.94. The molecule has 0 aliphatic heterocycles. The monoisotopic (exact) mass is 317 g/mol. The SMILES string of the molecule is Cc1cnc(Cn2c(N)nc3ccc(Br)cc32)cn1. The second-order valence-corrected chi connectivity index (χ2v) is 5.25. The summed E-state index contributed by atoms with van der Waals surface area (Å²) in [7, 11) is 0. The maximum absolute atomic E-state index is 5.97. The minimum absolute atomic E-state index is 0.482. The number of nitrogen functional groups attached to an aromatic ring is 1. The Morgan fingerprint density at radius 1 is 1.26 bits per heavy atom. The van der Waals surface area contributed by atoms with Crippen LogP contribution in [0.4, 0.5) is 5.95 Å². The van der Waals surface area contributed by atoms with Crippen LogP contribution < -0.4 is 5.73 Å². The molecule has 0 spiro atoms. The van der Waals surface area contributed by atoms with E-state index in [9.17, 15) is 0 Å². The second kappa shape index (κ2) is 4.62. The highest BCUT2D eigenvalue weighted by Crippen LogP contribution is 2.22. The molecule has 2 aromatic heterocycles. The van der Waals surface area contributed by atoms with E-state index in [1.807, 2.05) is 29.7 Å². The van der Waals surface area contributed by atoms with E-state index < -0.39 is 0 Å². The van der Waals surface area contributed by atoms with Gasteiger partial charge < -0.3 is 10.3 Å². The molecule has 0 aliphatic carbocycles. The average molecular weight is 318 g/mol. The van der Waals surface area contributed by atoms with Crippen molar-refractivity contribution in [2.24, 2.45) is 0 Å². The van der Waals surface area contributed by atoms with Gasteiger partial charge >= 0.3 is 0 Å². The Labute approximate surface area is 118 Å². The molecule has 0 bridgehead atoms. The lowest BCUT2D eigenvalue weighted by Crippen LogP contribution is -2.06. The van der Waals surface area contributed by atoms with Gasteiger partial charge in [0.1, 0.15) is 0 Å². The van der Waals surface area contributed by atoms with Crippen molar-refractivity contribution in [1.82, 2.24) is 19.5 Å². The van der Waals surface area contributed by atoms with E-state index in [1.54, 1.807) is 12.4 Å². The smallest absolute Gasteiger partial charge is 0.201 e. The number of rotatable bonds is 2. The van der Waals surface area contributed by atoms with Gasteiger partial charge in [-0.2, -0.15) is 0 Å². The van der Waals surface area contributed by atoms with Crippen molar-refractivity contribution in [3.63, 3.8) is 0 Å². The summed E-state index contributed by atoms with van der Waals surface area (Å²) in [6.45, 7) is 2.47. The van der Waals surface area contributed by atoms with Gasteiger partial charge in [0.2, 0.25) is 5.95 Å². The molecule has 0 radical (unpaired) electrons. The minimum atomic E-state index is 0.482. The quantitative estimate of drug-likeness (QED) is 0.788. The van der Waals surface area contributed by atoms with Gasteiger partial charge in [-0.05, 0) is 25.1 Å². The molecular formula is C13H12BrN5. The molecular weight excluding hydrogens is 306 g/mol. The lowest BCUT2D eigenvalue weighted by molar-refractivity contribution is 0.798. The highest BCUT2D eigenvalue weighted by atomic mass is 79.9. The summed E-state index contributed by atoms with van der Waals surface area (Å²) in [5.41, 5.74) is 9.58. The van der Waals surface area contributed by atoms with Gasteiger partial charge in [-0.1, -0.05) is 15.9 Å². The van der Waals surface area contributed by atoms with Gasteiger partial charge in [0.25, 0.3) is 0 Å². The predicted octanol–water partition coefficient (Wildman–Crippen LogP) is 2.53. The third-order valence-electron chi connectivity index (χ3n) is 2.89. The molecule has 6 heteroatoms. The standard InChI is InChI=1S/C13H12BrN5/c1-8-5-17-10(6-16-8)7-19-12-4-9(14)2-3-11(12)18-13(19)15/h2-6H,7H2,1H3,(H2,15,18). The summed E-state index contributed by atoms with van der Waals surface area (Å²) in [6.07, 6.45) is 3.51. The molecule has 0 saturated heterocycles. The van der Waals surface area contributed by atoms with Crippen molar-refractivity contribution >= 4 is 32.9 Å². The van der Waals surface area contributed by atoms with Gasteiger partial charge in [0.05, 0.1) is 35.2 Å². The molecule has 96 valence electrons. The molecule has 19 heavy (non-hydrogen) atoms. The zero-order valence-corrected chi connectivity index (χ0v) is 11.9. The van der Waals surface area contributed by atoms with Crippen molar-refractivity contribution in [3.8, 4) is 0 Å². The number of anilines is 1. The van der Waals surface area contributed by atoms with E-state index in [-0.39, 0.29) is 0 Å². The van der Waals surface area contributed by atoms with Gasteiger partial charge in [0, 0.05) is 10.7 Å². The molecule has 0 aliphatic rings. The summed E-state index contributed by atoms with van der Waals surface area (Å²) >= 11 is 3.46. The van der Waals surface area contributed by atoms with Crippen LogP contribution in [-0.4, -0.2) is 19.5 Å². The van der Waals surface area contributed by atoms with E-state index in [2.05, 4.69) is 30.9 Å². The molecule has 3 rings (SSSR count). The normalized spacial score (nSPS) is 11.1. The van der Waals surface area contributed by atoms with Crippen molar-refractivity contribution in [2.75, 3.05) is 5.73 Å². The Hall–Kier alpha value is -1.95. The third-order valence-corrected chi connectivity index (χ3v) is 3.39. The first-order chi connectivity index (χ1) is 9.13. The number of imidazole rings is 1. The molecule has 0 unspecified atom stereocenters. The summed E-state index contributed by atoms with van der Waals surface area (Å²) in [5.74, 6) is 0.482. The molecule has 1 aromatic carbocycles. The Bertz CT molecular complexity index is 733.